The number of benzene rings is 2. The molecule has 1 N–H and O–H groups in total. The molecule has 1 aliphatic rings. The van der Waals surface area contributed by atoms with Crippen LogP contribution in [-0.4, -0.2) is 24.5 Å². The van der Waals surface area contributed by atoms with E-state index in [2.05, 4.69) is 11.2 Å². The molecule has 1 fully saturated rings. The predicted octanol–water partition coefficient (Wildman–Crippen LogP) is 3.33. The van der Waals surface area contributed by atoms with E-state index in [4.69, 9.17) is 22.8 Å². The number of rotatable bonds is 4. The number of nitrogens with zero attached hydrogens (tertiary/aromatic N) is 1. The lowest BCUT2D eigenvalue weighted by Gasteiger charge is -2.26. The minimum absolute atomic E-state index is 0.0932. The molecule has 140 valence electrons. The third-order valence-electron chi connectivity index (χ3n) is 4.01. The lowest BCUT2D eigenvalue weighted by molar-refractivity contribution is -0.122. The molecule has 0 saturated carbocycles. The third-order valence-corrected chi connectivity index (χ3v) is 4.41. The second-order valence-corrected chi connectivity index (χ2v) is 6.36. The summed E-state index contributed by atoms with van der Waals surface area (Å²) in [4.78, 5) is 38.2. The second-order valence-electron chi connectivity index (χ2n) is 5.96. The fourth-order valence-corrected chi connectivity index (χ4v) is 2.77. The summed E-state index contributed by atoms with van der Waals surface area (Å²) >= 11 is 6.10. The van der Waals surface area contributed by atoms with Crippen LogP contribution in [0.15, 0.2) is 48.0 Å². The number of ether oxygens (including phenoxy) is 1. The Morgan fingerprint density at radius 3 is 2.71 bits per heavy atom. The predicted molar refractivity (Wildman–Crippen MR) is 106 cm³/mol. The number of hydrogen-bond donors (Lipinski definition) is 1. The maximum atomic E-state index is 12.9. The first-order valence-corrected chi connectivity index (χ1v) is 8.62. The number of barbiturate groups is 1. The molecule has 1 saturated heterocycles. The highest BCUT2D eigenvalue weighted by atomic mass is 35.5. The minimum Gasteiger partial charge on any atom is -0.481 e. The van der Waals surface area contributed by atoms with E-state index in [0.29, 0.717) is 16.3 Å². The molecule has 0 aromatic heterocycles. The highest BCUT2D eigenvalue weighted by Gasteiger charge is 2.36. The average Bonchev–Trinajstić information content (AvgIpc) is 2.66. The largest absolute Gasteiger partial charge is 0.481 e. The van der Waals surface area contributed by atoms with E-state index in [1.54, 1.807) is 43.3 Å². The van der Waals surface area contributed by atoms with Gasteiger partial charge >= 0.3 is 6.03 Å². The van der Waals surface area contributed by atoms with Crippen molar-refractivity contribution in [2.45, 2.75) is 6.92 Å². The van der Waals surface area contributed by atoms with Crippen molar-refractivity contribution in [3.8, 4) is 18.1 Å². The monoisotopic (exact) mass is 394 g/mol. The van der Waals surface area contributed by atoms with Gasteiger partial charge < -0.3 is 4.74 Å². The van der Waals surface area contributed by atoms with Crippen LogP contribution >= 0.6 is 11.6 Å². The molecule has 0 aliphatic carbocycles. The van der Waals surface area contributed by atoms with Crippen molar-refractivity contribution >= 4 is 41.2 Å². The number of halogens is 1. The molecule has 0 radical (unpaired) electrons. The number of carbonyl (C=O) groups is 3. The second kappa shape index (κ2) is 7.99. The molecule has 0 spiro atoms. The van der Waals surface area contributed by atoms with Crippen molar-refractivity contribution in [3.63, 3.8) is 0 Å². The summed E-state index contributed by atoms with van der Waals surface area (Å²) in [5.74, 6) is 1.33. The molecule has 0 atom stereocenters. The van der Waals surface area contributed by atoms with Gasteiger partial charge in [-0.1, -0.05) is 35.7 Å². The summed E-state index contributed by atoms with van der Waals surface area (Å²) < 4.78 is 5.34. The van der Waals surface area contributed by atoms with Crippen molar-refractivity contribution in [2.24, 2.45) is 0 Å². The van der Waals surface area contributed by atoms with E-state index in [9.17, 15) is 14.4 Å². The molecule has 1 aliphatic heterocycles. The van der Waals surface area contributed by atoms with E-state index in [1.165, 1.54) is 12.1 Å². The van der Waals surface area contributed by atoms with Crippen molar-refractivity contribution in [1.29, 1.82) is 0 Å². The first-order chi connectivity index (χ1) is 13.4. The average molecular weight is 395 g/mol. The Hall–Kier alpha value is -3.56. The Labute approximate surface area is 166 Å². The standard InChI is InChI=1S/C21H15ClN2O4/c1-3-9-28-16-6-4-5-14(10-16)11-17-19(25)23-21(27)24(20(17)26)15-8-7-13(2)18(22)12-15/h1,4-8,10-12H,9H2,2H3,(H,23,25,27). The Morgan fingerprint density at radius 2 is 2.00 bits per heavy atom. The number of aryl methyl sites for hydroxylation is 1. The molecule has 0 bridgehead atoms. The Bertz CT molecular complexity index is 1050. The zero-order valence-corrected chi connectivity index (χ0v) is 15.6. The van der Waals surface area contributed by atoms with Crippen LogP contribution in [0.1, 0.15) is 11.1 Å². The highest BCUT2D eigenvalue weighted by molar-refractivity contribution is 6.39. The van der Waals surface area contributed by atoms with Crippen molar-refractivity contribution in [3.05, 3.63) is 64.2 Å². The molecule has 3 rings (SSSR count). The van der Waals surface area contributed by atoms with Gasteiger partial charge in [-0.05, 0) is 48.4 Å². The summed E-state index contributed by atoms with van der Waals surface area (Å²) in [6, 6.07) is 10.7. The first kappa shape index (κ1) is 19.2. The number of nitrogens with one attached hydrogen (secondary N) is 1. The van der Waals surface area contributed by atoms with Gasteiger partial charge in [0, 0.05) is 5.02 Å². The van der Waals surface area contributed by atoms with Crippen LogP contribution in [0.2, 0.25) is 5.02 Å². The summed E-state index contributed by atoms with van der Waals surface area (Å²) in [7, 11) is 0. The highest BCUT2D eigenvalue weighted by Crippen LogP contribution is 2.27. The first-order valence-electron chi connectivity index (χ1n) is 8.24. The van der Waals surface area contributed by atoms with Gasteiger partial charge in [-0.15, -0.1) is 6.42 Å². The molecule has 7 heteroatoms. The molecule has 6 nitrogen and oxygen atoms in total. The summed E-state index contributed by atoms with van der Waals surface area (Å²) in [5.41, 5.74) is 1.42. The lowest BCUT2D eigenvalue weighted by atomic mass is 10.1. The van der Waals surface area contributed by atoms with Crippen LogP contribution in [0, 0.1) is 19.3 Å². The fraction of sp³-hybridized carbons (Fsp3) is 0.0952. The van der Waals surface area contributed by atoms with E-state index in [1.807, 2.05) is 0 Å². The Morgan fingerprint density at radius 1 is 1.21 bits per heavy atom. The summed E-state index contributed by atoms with van der Waals surface area (Å²) in [5, 5.41) is 2.57. The van der Waals surface area contributed by atoms with Gasteiger partial charge in [0.1, 0.15) is 17.9 Å². The smallest absolute Gasteiger partial charge is 0.335 e. The third kappa shape index (κ3) is 3.90. The topological polar surface area (TPSA) is 75.7 Å². The summed E-state index contributed by atoms with van der Waals surface area (Å²) in [6.45, 7) is 1.89. The Kier molecular flexibility index (Phi) is 5.48. The molecule has 1 heterocycles. The van der Waals surface area contributed by atoms with E-state index < -0.39 is 17.8 Å². The number of hydrogen-bond acceptors (Lipinski definition) is 4. The maximum absolute atomic E-state index is 12.9. The molecule has 2 aromatic carbocycles. The van der Waals surface area contributed by atoms with Gasteiger partial charge in [-0.25, -0.2) is 9.69 Å². The molecule has 0 unspecified atom stereocenters. The Balaban J connectivity index is 1.97. The number of terminal acetylenes is 1. The molecule has 28 heavy (non-hydrogen) atoms. The SMILES string of the molecule is C#CCOc1cccc(C=C2C(=O)NC(=O)N(c3ccc(C)c(Cl)c3)C2=O)c1. The van der Waals surface area contributed by atoms with Crippen molar-refractivity contribution < 1.29 is 19.1 Å². The lowest BCUT2D eigenvalue weighted by Crippen LogP contribution is -2.54. The van der Waals surface area contributed by atoms with E-state index in [0.717, 1.165) is 10.5 Å². The maximum Gasteiger partial charge on any atom is 0.335 e. The van der Waals surface area contributed by atoms with Crippen molar-refractivity contribution in [2.75, 3.05) is 11.5 Å². The van der Waals surface area contributed by atoms with Crippen LogP contribution in [0.5, 0.6) is 5.75 Å². The molecular weight excluding hydrogens is 380 g/mol. The molecule has 2 aromatic rings. The van der Waals surface area contributed by atoms with Crippen LogP contribution in [0.3, 0.4) is 0 Å². The van der Waals surface area contributed by atoms with Gasteiger partial charge in [0.25, 0.3) is 11.8 Å². The van der Waals surface area contributed by atoms with E-state index >= 15 is 0 Å². The van der Waals surface area contributed by atoms with Crippen LogP contribution in [-0.2, 0) is 9.59 Å². The van der Waals surface area contributed by atoms with Gasteiger partial charge in [0.15, 0.2) is 0 Å². The number of carbonyl (C=O) groups excluding carboxylic acids is 3. The van der Waals surface area contributed by atoms with Gasteiger partial charge in [-0.2, -0.15) is 0 Å². The number of anilines is 1. The van der Waals surface area contributed by atoms with Gasteiger partial charge in [-0.3, -0.25) is 14.9 Å². The normalized spacial score (nSPS) is 15.4. The summed E-state index contributed by atoms with van der Waals surface area (Å²) in [6.07, 6.45) is 6.56. The van der Waals surface area contributed by atoms with Gasteiger partial charge in [0.2, 0.25) is 0 Å². The molecule has 4 amide bonds. The zero-order valence-electron chi connectivity index (χ0n) is 14.9. The van der Waals surface area contributed by atoms with E-state index in [-0.39, 0.29) is 17.9 Å². The van der Waals surface area contributed by atoms with Crippen LogP contribution < -0.4 is 15.0 Å². The van der Waals surface area contributed by atoms with Crippen LogP contribution in [0.25, 0.3) is 6.08 Å². The van der Waals surface area contributed by atoms with Crippen molar-refractivity contribution in [1.82, 2.24) is 5.32 Å². The molecular formula is C21H15ClN2O4. The van der Waals surface area contributed by atoms with Gasteiger partial charge in [0.05, 0.1) is 5.69 Å². The zero-order chi connectivity index (χ0) is 20.3. The number of urea groups is 1. The van der Waals surface area contributed by atoms with Crippen LogP contribution in [0.4, 0.5) is 10.5 Å². The number of imide groups is 2. The quantitative estimate of drug-likeness (QED) is 0.490. The minimum atomic E-state index is -0.835. The number of amides is 4. The fourth-order valence-electron chi connectivity index (χ4n) is 2.60.